The van der Waals surface area contributed by atoms with E-state index in [1.807, 2.05) is 31.2 Å². The zero-order valence-electron chi connectivity index (χ0n) is 17.8. The van der Waals surface area contributed by atoms with Crippen molar-refractivity contribution in [3.05, 3.63) is 48.0 Å². The predicted octanol–water partition coefficient (Wildman–Crippen LogP) is 4.11. The molecule has 2 aliphatic rings. The van der Waals surface area contributed by atoms with E-state index in [0.29, 0.717) is 30.1 Å². The Hall–Kier alpha value is -2.03. The maximum atomic E-state index is 13.3. The number of aryl methyl sites for hydroxylation is 1. The number of anilines is 2. The van der Waals surface area contributed by atoms with Crippen molar-refractivity contribution < 1.29 is 13.2 Å². The first kappa shape index (κ1) is 22.2. The quantitative estimate of drug-likeness (QED) is 0.704. The molecule has 0 saturated carbocycles. The summed E-state index contributed by atoms with van der Waals surface area (Å²) in [5.41, 5.74) is 2.28. The smallest absolute Gasteiger partial charge is 0.264 e. The Balaban J connectivity index is 1.49. The Morgan fingerprint density at radius 1 is 1.03 bits per heavy atom. The molecule has 1 saturated heterocycles. The number of thioether (sulfide) groups is 1. The van der Waals surface area contributed by atoms with Crippen LogP contribution in [0.5, 0.6) is 0 Å². The van der Waals surface area contributed by atoms with E-state index in [0.717, 1.165) is 30.1 Å². The van der Waals surface area contributed by atoms with Crippen molar-refractivity contribution >= 4 is 39.1 Å². The van der Waals surface area contributed by atoms with Crippen LogP contribution in [0.15, 0.2) is 52.3 Å². The Morgan fingerprint density at radius 3 is 2.52 bits per heavy atom. The van der Waals surface area contributed by atoms with Crippen molar-refractivity contribution in [3.63, 3.8) is 0 Å². The van der Waals surface area contributed by atoms with Gasteiger partial charge >= 0.3 is 0 Å². The molecule has 166 valence electrons. The number of carbonyl (C=O) groups excluding carboxylic acids is 1. The van der Waals surface area contributed by atoms with Gasteiger partial charge < -0.3 is 10.2 Å². The molecule has 6 nitrogen and oxygen atoms in total. The number of hydrogen-bond acceptors (Lipinski definition) is 5. The predicted molar refractivity (Wildman–Crippen MR) is 126 cm³/mol. The molecule has 2 heterocycles. The minimum Gasteiger partial charge on any atom is -0.326 e. The minimum atomic E-state index is -3.66. The second kappa shape index (κ2) is 9.63. The molecule has 0 radical (unpaired) electrons. The molecule has 0 unspecified atom stereocenters. The number of likely N-dealkylation sites (tertiary alicyclic amines) is 1. The molecule has 1 fully saturated rings. The minimum absolute atomic E-state index is 0.0399. The number of benzene rings is 2. The second-order valence-electron chi connectivity index (χ2n) is 8.12. The van der Waals surface area contributed by atoms with E-state index in [1.54, 1.807) is 30.0 Å². The van der Waals surface area contributed by atoms with E-state index < -0.39 is 10.0 Å². The fraction of sp³-hybridized carbons (Fsp3) is 0.435. The monoisotopic (exact) mass is 459 g/mol. The van der Waals surface area contributed by atoms with Crippen molar-refractivity contribution in [2.75, 3.05) is 41.6 Å². The fourth-order valence-electron chi connectivity index (χ4n) is 4.02. The molecular formula is C23H29N3O3S2. The van der Waals surface area contributed by atoms with Gasteiger partial charge in [-0.1, -0.05) is 24.1 Å². The average molecular weight is 460 g/mol. The first-order chi connectivity index (χ1) is 14.9. The van der Waals surface area contributed by atoms with Crippen molar-refractivity contribution in [1.82, 2.24) is 4.90 Å². The number of hydrogen-bond donors (Lipinski definition) is 1. The molecule has 0 aliphatic carbocycles. The third-order valence-electron chi connectivity index (χ3n) is 5.78. The summed E-state index contributed by atoms with van der Waals surface area (Å²) in [6, 6.07) is 12.5. The van der Waals surface area contributed by atoms with Gasteiger partial charge in [0.15, 0.2) is 0 Å². The molecule has 4 rings (SSSR count). The Labute approximate surface area is 189 Å². The number of carbonyl (C=O) groups is 1. The van der Waals surface area contributed by atoms with Gasteiger partial charge in [-0.3, -0.25) is 9.10 Å². The first-order valence-electron chi connectivity index (χ1n) is 10.8. The molecule has 1 N–H and O–H groups in total. The molecule has 2 aromatic carbocycles. The van der Waals surface area contributed by atoms with E-state index >= 15 is 0 Å². The SMILES string of the molecule is Cc1ccc(S(=O)(=O)N2CCSc3ccc(NC(=O)CCN4CCCCC4)cc32)cc1. The van der Waals surface area contributed by atoms with E-state index in [2.05, 4.69) is 10.2 Å². The van der Waals surface area contributed by atoms with Crippen LogP contribution in [0.4, 0.5) is 11.4 Å². The van der Waals surface area contributed by atoms with Gasteiger partial charge in [0, 0.05) is 35.8 Å². The van der Waals surface area contributed by atoms with E-state index in [-0.39, 0.29) is 10.8 Å². The van der Waals surface area contributed by atoms with Gasteiger partial charge in [0.2, 0.25) is 5.91 Å². The summed E-state index contributed by atoms with van der Waals surface area (Å²) in [7, 11) is -3.66. The van der Waals surface area contributed by atoms with Crippen molar-refractivity contribution in [2.24, 2.45) is 0 Å². The number of amides is 1. The molecule has 0 spiro atoms. The summed E-state index contributed by atoms with van der Waals surface area (Å²) in [6.07, 6.45) is 4.12. The van der Waals surface area contributed by atoms with Gasteiger partial charge in [0.25, 0.3) is 10.0 Å². The highest BCUT2D eigenvalue weighted by atomic mass is 32.2. The summed E-state index contributed by atoms with van der Waals surface area (Å²) >= 11 is 1.64. The second-order valence-corrected chi connectivity index (χ2v) is 11.1. The number of fused-ring (bicyclic) bond motifs is 1. The molecule has 0 atom stereocenters. The third-order valence-corrected chi connectivity index (χ3v) is 8.65. The lowest BCUT2D eigenvalue weighted by atomic mass is 10.1. The Kier molecular flexibility index (Phi) is 6.89. The lowest BCUT2D eigenvalue weighted by molar-refractivity contribution is -0.116. The summed E-state index contributed by atoms with van der Waals surface area (Å²) in [4.78, 5) is 16.0. The van der Waals surface area contributed by atoms with Crippen LogP contribution in [-0.2, 0) is 14.8 Å². The molecule has 31 heavy (non-hydrogen) atoms. The van der Waals surface area contributed by atoms with Crippen LogP contribution in [0.1, 0.15) is 31.2 Å². The fourth-order valence-corrected chi connectivity index (χ4v) is 6.65. The van der Waals surface area contributed by atoms with Gasteiger partial charge in [-0.05, 0) is 63.2 Å². The Bertz CT molecular complexity index is 1030. The highest BCUT2D eigenvalue weighted by Gasteiger charge is 2.29. The molecule has 0 bridgehead atoms. The number of rotatable bonds is 6. The molecule has 0 aromatic heterocycles. The van der Waals surface area contributed by atoms with E-state index in [4.69, 9.17) is 0 Å². The summed E-state index contributed by atoms with van der Waals surface area (Å²) in [6.45, 7) is 5.23. The van der Waals surface area contributed by atoms with Gasteiger partial charge in [0.1, 0.15) is 0 Å². The maximum absolute atomic E-state index is 13.3. The zero-order valence-corrected chi connectivity index (χ0v) is 19.5. The van der Waals surface area contributed by atoms with Crippen molar-refractivity contribution in [3.8, 4) is 0 Å². The van der Waals surface area contributed by atoms with Gasteiger partial charge in [0.05, 0.1) is 10.6 Å². The topological polar surface area (TPSA) is 69.7 Å². The summed E-state index contributed by atoms with van der Waals surface area (Å²) < 4.78 is 28.1. The van der Waals surface area contributed by atoms with Gasteiger partial charge in [-0.25, -0.2) is 8.42 Å². The lowest BCUT2D eigenvalue weighted by Gasteiger charge is -2.30. The van der Waals surface area contributed by atoms with Crippen LogP contribution in [0.2, 0.25) is 0 Å². The number of nitrogens with one attached hydrogen (secondary N) is 1. The molecule has 1 amide bonds. The molecular weight excluding hydrogens is 430 g/mol. The van der Waals surface area contributed by atoms with E-state index in [9.17, 15) is 13.2 Å². The third kappa shape index (κ3) is 5.25. The zero-order chi connectivity index (χ0) is 21.8. The van der Waals surface area contributed by atoms with Gasteiger partial charge in [-0.15, -0.1) is 11.8 Å². The number of piperidine rings is 1. The lowest BCUT2D eigenvalue weighted by Crippen LogP contribution is -2.35. The highest BCUT2D eigenvalue weighted by molar-refractivity contribution is 8.00. The van der Waals surface area contributed by atoms with Crippen LogP contribution < -0.4 is 9.62 Å². The molecule has 8 heteroatoms. The van der Waals surface area contributed by atoms with Crippen LogP contribution in [0.25, 0.3) is 0 Å². The molecule has 2 aromatic rings. The molecule has 2 aliphatic heterocycles. The van der Waals surface area contributed by atoms with Crippen LogP contribution in [0.3, 0.4) is 0 Å². The standard InChI is InChI=1S/C23H29N3O3S2/c1-18-5-8-20(9-6-18)31(28,29)26-15-16-30-22-10-7-19(17-21(22)26)24-23(27)11-14-25-12-3-2-4-13-25/h5-10,17H,2-4,11-16H2,1H3,(H,24,27). The number of sulfonamides is 1. The van der Waals surface area contributed by atoms with E-state index in [1.165, 1.54) is 23.6 Å². The normalized spacial score (nSPS) is 17.3. The summed E-state index contributed by atoms with van der Waals surface area (Å²) in [5.74, 6) is 0.654. The summed E-state index contributed by atoms with van der Waals surface area (Å²) in [5, 5.41) is 2.95. The van der Waals surface area contributed by atoms with Crippen molar-refractivity contribution in [1.29, 1.82) is 0 Å². The Morgan fingerprint density at radius 2 is 1.77 bits per heavy atom. The highest BCUT2D eigenvalue weighted by Crippen LogP contribution is 2.39. The largest absolute Gasteiger partial charge is 0.326 e. The first-order valence-corrected chi connectivity index (χ1v) is 13.2. The van der Waals surface area contributed by atoms with Crippen LogP contribution >= 0.6 is 11.8 Å². The number of nitrogens with zero attached hydrogens (tertiary/aromatic N) is 2. The maximum Gasteiger partial charge on any atom is 0.264 e. The van der Waals surface area contributed by atoms with Crippen LogP contribution in [-0.4, -0.2) is 51.2 Å². The van der Waals surface area contributed by atoms with Gasteiger partial charge in [-0.2, -0.15) is 0 Å². The van der Waals surface area contributed by atoms with Crippen molar-refractivity contribution in [2.45, 2.75) is 42.4 Å². The average Bonchev–Trinajstić information content (AvgIpc) is 2.78. The van der Waals surface area contributed by atoms with Crippen LogP contribution in [0, 0.1) is 6.92 Å².